The second-order valence-electron chi connectivity index (χ2n) is 7.13. The predicted octanol–water partition coefficient (Wildman–Crippen LogP) is 4.20. The maximum Gasteiger partial charge on any atom is 0.293 e. The Bertz CT molecular complexity index is 913. The van der Waals surface area contributed by atoms with E-state index in [4.69, 9.17) is 4.74 Å². The molecule has 1 aliphatic rings. The lowest BCUT2D eigenvalue weighted by molar-refractivity contribution is -0.383. The van der Waals surface area contributed by atoms with Gasteiger partial charge in [0.2, 0.25) is 0 Å². The molecule has 0 atom stereocenters. The second-order valence-corrected chi connectivity index (χ2v) is 7.13. The normalized spacial score (nSPS) is 20.2. The van der Waals surface area contributed by atoms with Gasteiger partial charge in [-0.3, -0.25) is 14.9 Å². The van der Waals surface area contributed by atoms with Crippen LogP contribution in [-0.2, 0) is 9.53 Å². The molecule has 0 unspecified atom stereocenters. The van der Waals surface area contributed by atoms with Crippen LogP contribution in [0.3, 0.4) is 0 Å². The number of ether oxygens (including phenoxy) is 1. The van der Waals surface area contributed by atoms with Crippen LogP contribution in [0.25, 0.3) is 10.8 Å². The molecule has 2 aromatic rings. The molecule has 1 N–H and O–H groups in total. The summed E-state index contributed by atoms with van der Waals surface area (Å²) in [6, 6.07) is 10.6. The van der Waals surface area contributed by atoms with E-state index in [2.05, 4.69) is 5.32 Å². The molecule has 0 aliphatic carbocycles. The molecule has 1 fully saturated rings. The number of fused-ring (bicyclic) bond motifs is 1. The Balaban J connectivity index is 2.04. The van der Waals surface area contributed by atoms with Gasteiger partial charge in [-0.05, 0) is 44.5 Å². The van der Waals surface area contributed by atoms with Gasteiger partial charge < -0.3 is 10.1 Å². The van der Waals surface area contributed by atoms with Crippen molar-refractivity contribution >= 4 is 27.9 Å². The highest BCUT2D eigenvalue weighted by atomic mass is 16.6. The van der Waals surface area contributed by atoms with Crippen LogP contribution in [0, 0.1) is 10.1 Å². The summed E-state index contributed by atoms with van der Waals surface area (Å²) in [4.78, 5) is 23.5. The number of Topliss-reactive ketones (excluding diaryl/α,β-unsaturated/α-hetero) is 1. The van der Waals surface area contributed by atoms with E-state index >= 15 is 0 Å². The molecule has 2 aromatic carbocycles. The van der Waals surface area contributed by atoms with Gasteiger partial charge in [-0.15, -0.1) is 0 Å². The lowest BCUT2D eigenvalue weighted by Gasteiger charge is -2.22. The van der Waals surface area contributed by atoms with E-state index < -0.39 is 16.1 Å². The molecule has 0 bridgehead atoms. The van der Waals surface area contributed by atoms with Crippen LogP contribution in [0.4, 0.5) is 11.4 Å². The summed E-state index contributed by atoms with van der Waals surface area (Å²) in [5, 5.41) is 16.0. The minimum atomic E-state index is -0.910. The Morgan fingerprint density at radius 2 is 1.68 bits per heavy atom. The summed E-state index contributed by atoms with van der Waals surface area (Å²) < 4.78 is 5.81. The van der Waals surface area contributed by atoms with Crippen LogP contribution in [0.5, 0.6) is 0 Å². The fourth-order valence-electron chi connectivity index (χ4n) is 3.22. The van der Waals surface area contributed by atoms with Gasteiger partial charge in [0, 0.05) is 17.8 Å². The van der Waals surface area contributed by atoms with Crippen molar-refractivity contribution in [3.8, 4) is 0 Å². The van der Waals surface area contributed by atoms with Gasteiger partial charge in [-0.2, -0.15) is 0 Å². The highest BCUT2D eigenvalue weighted by Gasteiger charge is 2.49. The number of hydrogen-bond donors (Lipinski definition) is 1. The lowest BCUT2D eigenvalue weighted by Crippen LogP contribution is -2.29. The van der Waals surface area contributed by atoms with E-state index in [0.29, 0.717) is 11.3 Å². The summed E-state index contributed by atoms with van der Waals surface area (Å²) in [5.74, 6) is -0.131. The smallest absolute Gasteiger partial charge is 0.293 e. The number of carbonyl (C=O) groups excluding carboxylic acids is 1. The van der Waals surface area contributed by atoms with Crippen molar-refractivity contribution in [2.24, 2.45) is 0 Å². The number of hydrogen-bond acceptors (Lipinski definition) is 5. The van der Waals surface area contributed by atoms with Gasteiger partial charge in [-0.1, -0.05) is 24.3 Å². The summed E-state index contributed by atoms with van der Waals surface area (Å²) in [5.41, 5.74) is -0.922. The largest absolute Gasteiger partial charge is 0.357 e. The first kappa shape index (κ1) is 17.1. The summed E-state index contributed by atoms with van der Waals surface area (Å²) >= 11 is 0. The second kappa shape index (κ2) is 5.67. The molecule has 0 aromatic heterocycles. The zero-order chi connectivity index (χ0) is 18.4. The van der Waals surface area contributed by atoms with E-state index in [9.17, 15) is 14.9 Å². The van der Waals surface area contributed by atoms with Gasteiger partial charge in [0.05, 0.1) is 10.5 Å². The van der Waals surface area contributed by atoms with Crippen molar-refractivity contribution in [1.82, 2.24) is 0 Å². The van der Waals surface area contributed by atoms with Crippen LogP contribution >= 0.6 is 0 Å². The van der Waals surface area contributed by atoms with Crippen LogP contribution in [0.1, 0.15) is 27.7 Å². The number of rotatable bonds is 3. The number of nitro benzene ring substituents is 1. The highest BCUT2D eigenvalue weighted by molar-refractivity contribution is 6.05. The third-order valence-corrected chi connectivity index (χ3v) is 4.38. The van der Waals surface area contributed by atoms with E-state index in [1.807, 2.05) is 38.1 Å². The standard InChI is InChI=1S/C19H20N2O4/c1-18(2)14(17(22)19(3,4)25-18)11-20-15-9-12-7-5-6-8-13(12)10-16(15)21(23)24/h5-11,20H,1-4H3/b14-11+. The molecule has 0 radical (unpaired) electrons. The van der Waals surface area contributed by atoms with Crippen LogP contribution in [-0.4, -0.2) is 21.9 Å². The maximum atomic E-state index is 12.5. The van der Waals surface area contributed by atoms with Crippen molar-refractivity contribution in [2.45, 2.75) is 38.9 Å². The highest BCUT2D eigenvalue weighted by Crippen LogP contribution is 2.39. The van der Waals surface area contributed by atoms with Crippen molar-refractivity contribution < 1.29 is 14.5 Å². The number of carbonyl (C=O) groups is 1. The number of nitro groups is 1. The minimum Gasteiger partial charge on any atom is -0.357 e. The summed E-state index contributed by atoms with van der Waals surface area (Å²) in [7, 11) is 0. The fourth-order valence-corrected chi connectivity index (χ4v) is 3.22. The van der Waals surface area contributed by atoms with E-state index in [1.54, 1.807) is 19.9 Å². The third kappa shape index (κ3) is 3.00. The van der Waals surface area contributed by atoms with E-state index in [0.717, 1.165) is 10.8 Å². The Morgan fingerprint density at radius 1 is 1.08 bits per heavy atom. The molecule has 1 aliphatic heterocycles. The molecule has 6 heteroatoms. The Kier molecular flexibility index (Phi) is 3.88. The molecule has 130 valence electrons. The number of nitrogens with zero attached hydrogens (tertiary/aromatic N) is 1. The number of benzene rings is 2. The number of ketones is 1. The van der Waals surface area contributed by atoms with Crippen molar-refractivity contribution in [1.29, 1.82) is 0 Å². The van der Waals surface area contributed by atoms with Crippen molar-refractivity contribution in [2.75, 3.05) is 5.32 Å². The molecule has 6 nitrogen and oxygen atoms in total. The first-order chi connectivity index (χ1) is 11.6. The van der Waals surface area contributed by atoms with E-state index in [1.165, 1.54) is 12.3 Å². The SMILES string of the molecule is CC1(C)OC(C)(C)/C(=C/Nc2cc3ccccc3cc2[N+](=O)[O-])C1=O. The Hall–Kier alpha value is -2.73. The molecule has 0 spiro atoms. The van der Waals surface area contributed by atoms with Crippen LogP contribution in [0.15, 0.2) is 48.2 Å². The van der Waals surface area contributed by atoms with Gasteiger partial charge in [-0.25, -0.2) is 0 Å². The lowest BCUT2D eigenvalue weighted by atomic mass is 9.93. The molecule has 25 heavy (non-hydrogen) atoms. The zero-order valence-corrected chi connectivity index (χ0v) is 14.6. The van der Waals surface area contributed by atoms with Gasteiger partial charge in [0.15, 0.2) is 5.78 Å². The average Bonchev–Trinajstić information content (AvgIpc) is 2.68. The molecule has 0 saturated carbocycles. The Labute approximate surface area is 145 Å². The summed E-state index contributed by atoms with van der Waals surface area (Å²) in [6.45, 7) is 7.05. The third-order valence-electron chi connectivity index (χ3n) is 4.38. The summed E-state index contributed by atoms with van der Waals surface area (Å²) in [6.07, 6.45) is 1.52. The molecule has 1 saturated heterocycles. The average molecular weight is 340 g/mol. The molecule has 1 heterocycles. The molecule has 3 rings (SSSR count). The van der Waals surface area contributed by atoms with Crippen molar-refractivity contribution in [3.05, 3.63) is 58.3 Å². The quantitative estimate of drug-likeness (QED) is 0.514. The molecule has 0 amide bonds. The first-order valence-electron chi connectivity index (χ1n) is 8.01. The van der Waals surface area contributed by atoms with Gasteiger partial charge in [0.25, 0.3) is 5.69 Å². The van der Waals surface area contributed by atoms with Gasteiger partial charge >= 0.3 is 0 Å². The molecular formula is C19H20N2O4. The number of nitrogens with one attached hydrogen (secondary N) is 1. The van der Waals surface area contributed by atoms with Crippen LogP contribution < -0.4 is 5.32 Å². The number of anilines is 1. The zero-order valence-electron chi connectivity index (χ0n) is 14.6. The predicted molar refractivity (Wildman–Crippen MR) is 96.6 cm³/mol. The maximum absolute atomic E-state index is 12.5. The minimum absolute atomic E-state index is 0.0426. The van der Waals surface area contributed by atoms with Crippen molar-refractivity contribution in [3.63, 3.8) is 0 Å². The van der Waals surface area contributed by atoms with Gasteiger partial charge in [0.1, 0.15) is 11.3 Å². The van der Waals surface area contributed by atoms with Crippen LogP contribution in [0.2, 0.25) is 0 Å². The fraction of sp³-hybridized carbons (Fsp3) is 0.316. The Morgan fingerprint density at radius 3 is 2.20 bits per heavy atom. The van der Waals surface area contributed by atoms with E-state index in [-0.39, 0.29) is 11.5 Å². The first-order valence-corrected chi connectivity index (χ1v) is 8.01. The monoisotopic (exact) mass is 340 g/mol. The molecular weight excluding hydrogens is 320 g/mol. The topological polar surface area (TPSA) is 81.5 Å².